The van der Waals surface area contributed by atoms with Gasteiger partial charge < -0.3 is 4.74 Å². The molecule has 0 radical (unpaired) electrons. The largest absolute Gasteiger partial charge is 0.494 e. The first-order chi connectivity index (χ1) is 9.52. The molecule has 0 aromatic heterocycles. The standard InChI is InChI=1S/C16H15Cl3O/c1-3-20-15-7-4-10(2)8-12(15)16(19)11-5-6-13(17)14(18)9-11/h4-9,16H,3H2,1-2H3. The van der Waals surface area contributed by atoms with Crippen LogP contribution in [0.3, 0.4) is 0 Å². The van der Waals surface area contributed by atoms with E-state index in [-0.39, 0.29) is 5.38 Å². The first-order valence-corrected chi connectivity index (χ1v) is 7.54. The molecule has 0 amide bonds. The van der Waals surface area contributed by atoms with Crippen LogP contribution in [0.4, 0.5) is 0 Å². The van der Waals surface area contributed by atoms with Crippen LogP contribution in [0.25, 0.3) is 0 Å². The third kappa shape index (κ3) is 3.41. The first-order valence-electron chi connectivity index (χ1n) is 6.35. The highest BCUT2D eigenvalue weighted by atomic mass is 35.5. The molecule has 2 rings (SSSR count). The van der Waals surface area contributed by atoms with Crippen molar-refractivity contribution in [1.82, 2.24) is 0 Å². The molecular formula is C16H15Cl3O. The van der Waals surface area contributed by atoms with E-state index >= 15 is 0 Å². The molecule has 2 aromatic rings. The van der Waals surface area contributed by atoms with Gasteiger partial charge in [-0.25, -0.2) is 0 Å². The number of halogens is 3. The summed E-state index contributed by atoms with van der Waals surface area (Å²) in [6.07, 6.45) is 0. The molecule has 0 spiro atoms. The third-order valence-electron chi connectivity index (χ3n) is 2.97. The predicted octanol–water partition coefficient (Wildman–Crippen LogP) is 6.03. The zero-order chi connectivity index (χ0) is 14.7. The van der Waals surface area contributed by atoms with E-state index in [1.807, 2.05) is 38.1 Å². The second kappa shape index (κ2) is 6.71. The van der Waals surface area contributed by atoms with Gasteiger partial charge in [0.2, 0.25) is 0 Å². The Morgan fingerprint density at radius 2 is 1.80 bits per heavy atom. The fourth-order valence-electron chi connectivity index (χ4n) is 2.00. The van der Waals surface area contributed by atoms with Crippen LogP contribution in [0.5, 0.6) is 5.75 Å². The lowest BCUT2D eigenvalue weighted by atomic mass is 10.0. The Kier molecular flexibility index (Phi) is 5.20. The monoisotopic (exact) mass is 328 g/mol. The Labute approximate surface area is 134 Å². The van der Waals surface area contributed by atoms with Gasteiger partial charge >= 0.3 is 0 Å². The van der Waals surface area contributed by atoms with E-state index in [4.69, 9.17) is 39.5 Å². The Morgan fingerprint density at radius 3 is 2.45 bits per heavy atom. The van der Waals surface area contributed by atoms with E-state index in [0.29, 0.717) is 16.7 Å². The van der Waals surface area contributed by atoms with Gasteiger partial charge in [-0.1, -0.05) is 47.0 Å². The minimum atomic E-state index is -0.328. The van der Waals surface area contributed by atoms with Crippen LogP contribution in [0.15, 0.2) is 36.4 Å². The van der Waals surface area contributed by atoms with Crippen LogP contribution in [0, 0.1) is 6.92 Å². The second-order valence-electron chi connectivity index (χ2n) is 4.51. The van der Waals surface area contributed by atoms with E-state index in [1.54, 1.807) is 12.1 Å². The zero-order valence-electron chi connectivity index (χ0n) is 11.3. The first kappa shape index (κ1) is 15.5. The maximum absolute atomic E-state index is 6.59. The molecule has 0 N–H and O–H groups in total. The lowest BCUT2D eigenvalue weighted by molar-refractivity contribution is 0.337. The molecule has 1 atom stereocenters. The molecule has 0 aliphatic carbocycles. The third-order valence-corrected chi connectivity index (χ3v) is 4.20. The molecule has 0 aliphatic heterocycles. The van der Waals surface area contributed by atoms with Crippen molar-refractivity contribution in [3.8, 4) is 5.75 Å². The van der Waals surface area contributed by atoms with Crippen LogP contribution in [0.1, 0.15) is 29.0 Å². The molecule has 0 fully saturated rings. The highest BCUT2D eigenvalue weighted by Gasteiger charge is 2.17. The number of hydrogen-bond acceptors (Lipinski definition) is 1. The number of hydrogen-bond donors (Lipinski definition) is 0. The van der Waals surface area contributed by atoms with Crippen LogP contribution < -0.4 is 4.74 Å². The van der Waals surface area contributed by atoms with Crippen LogP contribution in [0.2, 0.25) is 10.0 Å². The van der Waals surface area contributed by atoms with Gasteiger partial charge in [0.1, 0.15) is 5.75 Å². The molecule has 1 nitrogen and oxygen atoms in total. The molecule has 106 valence electrons. The molecular weight excluding hydrogens is 315 g/mol. The highest BCUT2D eigenvalue weighted by Crippen LogP contribution is 2.37. The summed E-state index contributed by atoms with van der Waals surface area (Å²) >= 11 is 18.6. The molecule has 0 saturated carbocycles. The van der Waals surface area contributed by atoms with E-state index < -0.39 is 0 Å². The molecule has 0 heterocycles. The summed E-state index contributed by atoms with van der Waals surface area (Å²) in [5.41, 5.74) is 2.97. The fourth-order valence-corrected chi connectivity index (χ4v) is 2.62. The van der Waals surface area contributed by atoms with Crippen LogP contribution in [-0.4, -0.2) is 6.61 Å². The lowest BCUT2D eigenvalue weighted by Gasteiger charge is -2.16. The maximum Gasteiger partial charge on any atom is 0.124 e. The molecule has 4 heteroatoms. The van der Waals surface area contributed by atoms with Crippen molar-refractivity contribution in [1.29, 1.82) is 0 Å². The van der Waals surface area contributed by atoms with Gasteiger partial charge in [0.05, 0.1) is 22.0 Å². The van der Waals surface area contributed by atoms with E-state index in [2.05, 4.69) is 0 Å². The van der Waals surface area contributed by atoms with Gasteiger partial charge in [-0.2, -0.15) is 0 Å². The topological polar surface area (TPSA) is 9.23 Å². The smallest absolute Gasteiger partial charge is 0.124 e. The molecule has 0 saturated heterocycles. The quantitative estimate of drug-likeness (QED) is 0.622. The van der Waals surface area contributed by atoms with Gasteiger partial charge in [0.15, 0.2) is 0 Å². The van der Waals surface area contributed by atoms with E-state index in [0.717, 1.165) is 22.4 Å². The summed E-state index contributed by atoms with van der Waals surface area (Å²) in [4.78, 5) is 0. The van der Waals surface area contributed by atoms with Gasteiger partial charge in [-0.05, 0) is 37.6 Å². The van der Waals surface area contributed by atoms with Crippen LogP contribution >= 0.6 is 34.8 Å². The SMILES string of the molecule is CCOc1ccc(C)cc1C(Cl)c1ccc(Cl)c(Cl)c1. The van der Waals surface area contributed by atoms with E-state index in [9.17, 15) is 0 Å². The molecule has 0 bridgehead atoms. The Morgan fingerprint density at radius 1 is 1.05 bits per heavy atom. The average molecular weight is 330 g/mol. The summed E-state index contributed by atoms with van der Waals surface area (Å²) in [5, 5.41) is 0.695. The van der Waals surface area contributed by atoms with Crippen molar-refractivity contribution >= 4 is 34.8 Å². The van der Waals surface area contributed by atoms with Crippen molar-refractivity contribution in [3.05, 3.63) is 63.1 Å². The van der Waals surface area contributed by atoms with Crippen molar-refractivity contribution in [2.24, 2.45) is 0 Å². The molecule has 2 aromatic carbocycles. The fraction of sp³-hybridized carbons (Fsp3) is 0.250. The normalized spacial score (nSPS) is 12.2. The number of benzene rings is 2. The van der Waals surface area contributed by atoms with Gasteiger partial charge in [-0.15, -0.1) is 11.6 Å². The van der Waals surface area contributed by atoms with Crippen molar-refractivity contribution in [2.75, 3.05) is 6.61 Å². The molecule has 20 heavy (non-hydrogen) atoms. The number of ether oxygens (including phenoxy) is 1. The minimum absolute atomic E-state index is 0.328. The number of aryl methyl sites for hydroxylation is 1. The number of rotatable bonds is 4. The highest BCUT2D eigenvalue weighted by molar-refractivity contribution is 6.42. The second-order valence-corrected chi connectivity index (χ2v) is 5.76. The zero-order valence-corrected chi connectivity index (χ0v) is 13.6. The van der Waals surface area contributed by atoms with Gasteiger partial charge in [-0.3, -0.25) is 0 Å². The summed E-state index contributed by atoms with van der Waals surface area (Å²) in [6, 6.07) is 11.4. The summed E-state index contributed by atoms with van der Waals surface area (Å²) in [6.45, 7) is 4.57. The van der Waals surface area contributed by atoms with E-state index in [1.165, 1.54) is 0 Å². The summed E-state index contributed by atoms with van der Waals surface area (Å²) in [5.74, 6) is 0.796. The summed E-state index contributed by atoms with van der Waals surface area (Å²) in [7, 11) is 0. The van der Waals surface area contributed by atoms with Crippen molar-refractivity contribution < 1.29 is 4.74 Å². The Bertz CT molecular complexity index is 611. The van der Waals surface area contributed by atoms with Gasteiger partial charge in [0, 0.05) is 5.56 Å². The lowest BCUT2D eigenvalue weighted by Crippen LogP contribution is -2.01. The number of alkyl halides is 1. The Hall–Kier alpha value is -0.890. The molecule has 1 unspecified atom stereocenters. The maximum atomic E-state index is 6.59. The Balaban J connectivity index is 2.43. The average Bonchev–Trinajstić information content (AvgIpc) is 2.43. The summed E-state index contributed by atoms with van der Waals surface area (Å²) < 4.78 is 5.65. The van der Waals surface area contributed by atoms with Crippen molar-refractivity contribution in [3.63, 3.8) is 0 Å². The van der Waals surface area contributed by atoms with Crippen LogP contribution in [-0.2, 0) is 0 Å². The predicted molar refractivity (Wildman–Crippen MR) is 86.5 cm³/mol. The van der Waals surface area contributed by atoms with Gasteiger partial charge in [0.25, 0.3) is 0 Å². The molecule has 0 aliphatic rings. The minimum Gasteiger partial charge on any atom is -0.494 e. The van der Waals surface area contributed by atoms with Crippen molar-refractivity contribution in [2.45, 2.75) is 19.2 Å².